The second kappa shape index (κ2) is 10.7. The summed E-state index contributed by atoms with van der Waals surface area (Å²) in [6.45, 7) is 3.92. The van der Waals surface area contributed by atoms with Gasteiger partial charge in [-0.25, -0.2) is 4.79 Å². The van der Waals surface area contributed by atoms with E-state index < -0.39 is 0 Å². The molecule has 7 heteroatoms. The first-order valence-electron chi connectivity index (χ1n) is 10.6. The topological polar surface area (TPSA) is 79.9 Å². The molecule has 31 heavy (non-hydrogen) atoms. The van der Waals surface area contributed by atoms with Crippen molar-refractivity contribution in [3.05, 3.63) is 53.6 Å². The largest absolute Gasteiger partial charge is 0.497 e. The quantitative estimate of drug-likeness (QED) is 0.710. The van der Waals surface area contributed by atoms with Gasteiger partial charge in [0.15, 0.2) is 0 Å². The highest BCUT2D eigenvalue weighted by Crippen LogP contribution is 2.26. The lowest BCUT2D eigenvalue weighted by molar-refractivity contribution is -0.132. The monoisotopic (exact) mass is 425 g/mol. The number of aryl methyl sites for hydroxylation is 1. The van der Waals surface area contributed by atoms with Crippen LogP contribution < -0.4 is 20.1 Å². The minimum absolute atomic E-state index is 0.0669. The predicted molar refractivity (Wildman–Crippen MR) is 121 cm³/mol. The number of methoxy groups -OCH3 is 2. The molecule has 1 aliphatic heterocycles. The van der Waals surface area contributed by atoms with Gasteiger partial charge < -0.3 is 25.0 Å². The molecule has 2 aromatic rings. The maximum absolute atomic E-state index is 12.9. The minimum atomic E-state index is -0.227. The third-order valence-corrected chi connectivity index (χ3v) is 5.57. The Morgan fingerprint density at radius 2 is 1.87 bits per heavy atom. The van der Waals surface area contributed by atoms with E-state index in [1.165, 1.54) is 0 Å². The van der Waals surface area contributed by atoms with Crippen molar-refractivity contribution in [2.24, 2.45) is 5.92 Å². The molecule has 1 fully saturated rings. The van der Waals surface area contributed by atoms with E-state index >= 15 is 0 Å². The van der Waals surface area contributed by atoms with E-state index in [0.717, 1.165) is 36.2 Å². The molecule has 1 heterocycles. The standard InChI is InChI=1S/C24H31N3O4/c1-17-6-9-20(10-7-17)26-24(29)25-15-18-5-4-12-27(16-18)23(28)13-19-8-11-21(30-2)14-22(19)31-3/h6-11,14,18H,4-5,12-13,15-16H2,1-3H3,(H2,25,26,29). The van der Waals surface area contributed by atoms with Gasteiger partial charge in [-0.05, 0) is 43.9 Å². The van der Waals surface area contributed by atoms with Crippen LogP contribution in [0.1, 0.15) is 24.0 Å². The molecule has 3 amide bonds. The van der Waals surface area contributed by atoms with Gasteiger partial charge in [-0.2, -0.15) is 0 Å². The first-order chi connectivity index (χ1) is 15.0. The summed E-state index contributed by atoms with van der Waals surface area (Å²) in [7, 11) is 3.19. The van der Waals surface area contributed by atoms with Crippen molar-refractivity contribution in [2.45, 2.75) is 26.2 Å². The van der Waals surface area contributed by atoms with E-state index in [0.29, 0.717) is 24.6 Å². The highest BCUT2D eigenvalue weighted by Gasteiger charge is 2.24. The summed E-state index contributed by atoms with van der Waals surface area (Å²) < 4.78 is 10.6. The number of likely N-dealkylation sites (tertiary alicyclic amines) is 1. The lowest BCUT2D eigenvalue weighted by Crippen LogP contribution is -2.44. The number of piperidine rings is 1. The third kappa shape index (κ3) is 6.38. The van der Waals surface area contributed by atoms with Crippen LogP contribution in [0.15, 0.2) is 42.5 Å². The molecule has 7 nitrogen and oxygen atoms in total. The molecule has 0 spiro atoms. The van der Waals surface area contributed by atoms with Crippen LogP contribution in [0.3, 0.4) is 0 Å². The Balaban J connectivity index is 1.50. The molecule has 1 unspecified atom stereocenters. The maximum atomic E-state index is 12.9. The molecule has 0 bridgehead atoms. The highest BCUT2D eigenvalue weighted by molar-refractivity contribution is 5.89. The van der Waals surface area contributed by atoms with Gasteiger partial charge in [0.25, 0.3) is 0 Å². The smallest absolute Gasteiger partial charge is 0.319 e. The number of hydrogen-bond acceptors (Lipinski definition) is 4. The molecule has 2 aromatic carbocycles. The molecule has 0 aliphatic carbocycles. The third-order valence-electron chi connectivity index (χ3n) is 5.57. The normalized spacial score (nSPS) is 15.8. The first kappa shape index (κ1) is 22.5. The molecule has 166 valence electrons. The minimum Gasteiger partial charge on any atom is -0.497 e. The van der Waals surface area contributed by atoms with Crippen LogP contribution in [0.25, 0.3) is 0 Å². The van der Waals surface area contributed by atoms with Gasteiger partial charge in [-0.1, -0.05) is 23.8 Å². The fourth-order valence-corrected chi connectivity index (χ4v) is 3.78. The second-order valence-corrected chi connectivity index (χ2v) is 7.90. The molecule has 1 saturated heterocycles. The van der Waals surface area contributed by atoms with Crippen LogP contribution in [-0.2, 0) is 11.2 Å². The number of ether oxygens (including phenoxy) is 2. The van der Waals surface area contributed by atoms with Crippen LogP contribution in [0.2, 0.25) is 0 Å². The number of hydrogen-bond donors (Lipinski definition) is 2. The Labute approximate surface area is 183 Å². The zero-order valence-electron chi connectivity index (χ0n) is 18.4. The Hall–Kier alpha value is -3.22. The van der Waals surface area contributed by atoms with Crippen molar-refractivity contribution in [1.82, 2.24) is 10.2 Å². The lowest BCUT2D eigenvalue weighted by atomic mass is 9.97. The van der Waals surface area contributed by atoms with Gasteiger partial charge in [-0.3, -0.25) is 4.79 Å². The van der Waals surface area contributed by atoms with Crippen molar-refractivity contribution in [3.63, 3.8) is 0 Å². The van der Waals surface area contributed by atoms with Crippen LogP contribution in [0.5, 0.6) is 11.5 Å². The predicted octanol–water partition coefficient (Wildman–Crippen LogP) is 3.62. The zero-order chi connectivity index (χ0) is 22.2. The molecular weight excluding hydrogens is 394 g/mol. The number of urea groups is 1. The fraction of sp³-hybridized carbons (Fsp3) is 0.417. The number of nitrogens with zero attached hydrogens (tertiary/aromatic N) is 1. The van der Waals surface area contributed by atoms with E-state index in [4.69, 9.17) is 9.47 Å². The summed E-state index contributed by atoms with van der Waals surface area (Å²) in [5.41, 5.74) is 2.74. The van der Waals surface area contributed by atoms with Crippen molar-refractivity contribution in [3.8, 4) is 11.5 Å². The maximum Gasteiger partial charge on any atom is 0.319 e. The Bertz CT molecular complexity index is 898. The number of benzene rings is 2. The molecule has 0 radical (unpaired) electrons. The Morgan fingerprint density at radius 3 is 2.58 bits per heavy atom. The van der Waals surface area contributed by atoms with Crippen molar-refractivity contribution < 1.29 is 19.1 Å². The average molecular weight is 426 g/mol. The van der Waals surface area contributed by atoms with Crippen molar-refractivity contribution >= 4 is 17.6 Å². The average Bonchev–Trinajstić information content (AvgIpc) is 2.79. The summed E-state index contributed by atoms with van der Waals surface area (Å²) in [6.07, 6.45) is 2.19. The number of anilines is 1. The van der Waals surface area contributed by atoms with Crippen molar-refractivity contribution in [1.29, 1.82) is 0 Å². The SMILES string of the molecule is COc1ccc(CC(=O)N2CCCC(CNC(=O)Nc3ccc(C)cc3)C2)c(OC)c1. The summed E-state index contributed by atoms with van der Waals surface area (Å²) in [4.78, 5) is 27.0. The van der Waals surface area contributed by atoms with Gasteiger partial charge in [0.05, 0.1) is 20.6 Å². The number of rotatable bonds is 7. The second-order valence-electron chi connectivity index (χ2n) is 7.90. The zero-order valence-corrected chi connectivity index (χ0v) is 18.4. The Kier molecular flexibility index (Phi) is 7.76. The summed E-state index contributed by atoms with van der Waals surface area (Å²) in [5.74, 6) is 1.65. The highest BCUT2D eigenvalue weighted by atomic mass is 16.5. The lowest BCUT2D eigenvalue weighted by Gasteiger charge is -2.33. The molecular formula is C24H31N3O4. The molecule has 0 saturated carbocycles. The van der Waals surface area contributed by atoms with E-state index in [1.54, 1.807) is 20.3 Å². The van der Waals surface area contributed by atoms with Crippen LogP contribution in [0, 0.1) is 12.8 Å². The molecule has 0 aromatic heterocycles. The molecule has 1 aliphatic rings. The molecule has 1 atom stereocenters. The van der Waals surface area contributed by atoms with E-state index in [2.05, 4.69) is 10.6 Å². The van der Waals surface area contributed by atoms with E-state index in [1.807, 2.05) is 48.2 Å². The van der Waals surface area contributed by atoms with Gasteiger partial charge in [-0.15, -0.1) is 0 Å². The number of amides is 3. The fourth-order valence-electron chi connectivity index (χ4n) is 3.78. The van der Waals surface area contributed by atoms with Crippen LogP contribution in [0.4, 0.5) is 10.5 Å². The molecule has 3 rings (SSSR count). The van der Waals surface area contributed by atoms with Crippen molar-refractivity contribution in [2.75, 3.05) is 39.2 Å². The molecule has 2 N–H and O–H groups in total. The number of carbonyl (C=O) groups excluding carboxylic acids is 2. The first-order valence-corrected chi connectivity index (χ1v) is 10.6. The van der Waals surface area contributed by atoms with Gasteiger partial charge in [0, 0.05) is 37.0 Å². The van der Waals surface area contributed by atoms with E-state index in [-0.39, 0.29) is 24.3 Å². The summed E-state index contributed by atoms with van der Waals surface area (Å²) in [6, 6.07) is 12.9. The Morgan fingerprint density at radius 1 is 1.10 bits per heavy atom. The van der Waals surface area contributed by atoms with Gasteiger partial charge >= 0.3 is 6.03 Å². The summed E-state index contributed by atoms with van der Waals surface area (Å²) in [5, 5.41) is 5.78. The summed E-state index contributed by atoms with van der Waals surface area (Å²) >= 11 is 0. The number of nitrogens with one attached hydrogen (secondary N) is 2. The van der Waals surface area contributed by atoms with E-state index in [9.17, 15) is 9.59 Å². The van der Waals surface area contributed by atoms with Gasteiger partial charge in [0.1, 0.15) is 11.5 Å². The van der Waals surface area contributed by atoms with Gasteiger partial charge in [0.2, 0.25) is 5.91 Å². The van der Waals surface area contributed by atoms with Crippen LogP contribution in [-0.4, -0.2) is 50.7 Å². The number of carbonyl (C=O) groups is 2. The van der Waals surface area contributed by atoms with Crippen LogP contribution >= 0.6 is 0 Å².